The summed E-state index contributed by atoms with van der Waals surface area (Å²) < 4.78 is 0. The molecular formula is C14H19NO2. The molecule has 0 spiro atoms. The van der Waals surface area contributed by atoms with Crippen LogP contribution >= 0.6 is 0 Å². The van der Waals surface area contributed by atoms with Gasteiger partial charge in [0.05, 0.1) is 12.5 Å². The smallest absolute Gasteiger partial charge is 0.252 e. The number of hydrogen-bond donors (Lipinski definition) is 0. The van der Waals surface area contributed by atoms with Gasteiger partial charge in [0.25, 0.3) is 5.91 Å². The van der Waals surface area contributed by atoms with E-state index in [1.54, 1.807) is 7.05 Å². The minimum Gasteiger partial charge on any atom is -0.275 e. The molecule has 1 aromatic rings. The third-order valence-corrected chi connectivity index (χ3v) is 3.87. The molecule has 3 nitrogen and oxygen atoms in total. The number of benzene rings is 1. The van der Waals surface area contributed by atoms with E-state index in [1.807, 2.05) is 12.1 Å². The van der Waals surface area contributed by atoms with E-state index in [0.29, 0.717) is 0 Å². The van der Waals surface area contributed by atoms with Crippen LogP contribution in [-0.2, 0) is 22.5 Å². The lowest BCUT2D eigenvalue weighted by Crippen LogP contribution is -2.42. The van der Waals surface area contributed by atoms with Crippen LogP contribution in [0, 0.1) is 5.41 Å². The summed E-state index contributed by atoms with van der Waals surface area (Å²) in [6.45, 7) is 2.08. The van der Waals surface area contributed by atoms with Crippen molar-refractivity contribution >= 4 is 5.91 Å². The molecular weight excluding hydrogens is 214 g/mol. The number of fused-ring (bicyclic) bond motifs is 1. The van der Waals surface area contributed by atoms with Crippen molar-refractivity contribution in [2.45, 2.75) is 26.2 Å². The molecule has 0 saturated heterocycles. The lowest BCUT2D eigenvalue weighted by atomic mass is 9.81. The zero-order valence-electron chi connectivity index (χ0n) is 10.7. The first-order valence-electron chi connectivity index (χ1n) is 6.02. The molecule has 1 aromatic carbocycles. The van der Waals surface area contributed by atoms with Crippen LogP contribution < -0.4 is 0 Å². The van der Waals surface area contributed by atoms with Crippen molar-refractivity contribution in [3.63, 3.8) is 0 Å². The fourth-order valence-electron chi connectivity index (χ4n) is 2.66. The molecule has 0 bridgehead atoms. The summed E-state index contributed by atoms with van der Waals surface area (Å²) in [4.78, 5) is 17.4. The van der Waals surface area contributed by atoms with Crippen LogP contribution in [0.5, 0.6) is 0 Å². The third kappa shape index (κ3) is 1.95. The van der Waals surface area contributed by atoms with Gasteiger partial charge in [0, 0.05) is 7.05 Å². The van der Waals surface area contributed by atoms with Crippen molar-refractivity contribution in [1.29, 1.82) is 0 Å². The summed E-state index contributed by atoms with van der Waals surface area (Å²) in [5.74, 6) is 0.0821. The molecule has 17 heavy (non-hydrogen) atoms. The highest BCUT2D eigenvalue weighted by Gasteiger charge is 2.43. The fourth-order valence-corrected chi connectivity index (χ4v) is 2.66. The second-order valence-corrected chi connectivity index (χ2v) is 4.74. The Bertz CT molecular complexity index is 403. The number of hydrogen-bond acceptors (Lipinski definition) is 2. The lowest BCUT2D eigenvalue weighted by Gasteiger charge is -2.29. The van der Waals surface area contributed by atoms with Gasteiger partial charge in [-0.05, 0) is 30.4 Å². The normalized spacial score (nSPS) is 16.6. The second kappa shape index (κ2) is 4.49. The Balaban J connectivity index is 2.29. The van der Waals surface area contributed by atoms with Crippen LogP contribution in [0.25, 0.3) is 0 Å². The van der Waals surface area contributed by atoms with E-state index < -0.39 is 0 Å². The van der Waals surface area contributed by atoms with Gasteiger partial charge in [-0.15, -0.1) is 0 Å². The van der Waals surface area contributed by atoms with Crippen LogP contribution in [0.15, 0.2) is 24.3 Å². The fraction of sp³-hybridized carbons (Fsp3) is 0.500. The monoisotopic (exact) mass is 233 g/mol. The summed E-state index contributed by atoms with van der Waals surface area (Å²) in [5.41, 5.74) is 2.29. The zero-order valence-corrected chi connectivity index (χ0v) is 10.7. The number of carbonyl (C=O) groups excluding carboxylic acids is 1. The lowest BCUT2D eigenvalue weighted by molar-refractivity contribution is -0.180. The number of carbonyl (C=O) groups is 1. The molecule has 0 atom stereocenters. The van der Waals surface area contributed by atoms with Crippen molar-refractivity contribution in [3.05, 3.63) is 35.4 Å². The highest BCUT2D eigenvalue weighted by Crippen LogP contribution is 2.40. The average molecular weight is 233 g/mol. The zero-order chi connectivity index (χ0) is 12.5. The Hall–Kier alpha value is -1.35. The standard InChI is InChI=1S/C14H19NO2/c1-4-14(13(16)15(2)17-3)9-11-7-5-6-8-12(11)10-14/h5-8H,4,9-10H2,1-3H3. The maximum atomic E-state index is 12.4. The van der Waals surface area contributed by atoms with Crippen molar-refractivity contribution in [2.24, 2.45) is 5.41 Å². The van der Waals surface area contributed by atoms with Crippen molar-refractivity contribution in [2.75, 3.05) is 14.2 Å². The molecule has 0 radical (unpaired) electrons. The van der Waals surface area contributed by atoms with Gasteiger partial charge in [0.1, 0.15) is 0 Å². The Morgan fingerprint density at radius 1 is 1.35 bits per heavy atom. The quantitative estimate of drug-likeness (QED) is 0.749. The SMILES string of the molecule is CCC1(C(=O)N(C)OC)Cc2ccccc2C1. The molecule has 0 aliphatic heterocycles. The Kier molecular flexibility index (Phi) is 3.20. The average Bonchev–Trinajstić information content (AvgIpc) is 2.76. The van der Waals surface area contributed by atoms with Crippen LogP contribution in [0.1, 0.15) is 24.5 Å². The predicted molar refractivity (Wildman–Crippen MR) is 66.4 cm³/mol. The molecule has 3 heteroatoms. The van der Waals surface area contributed by atoms with E-state index in [0.717, 1.165) is 19.3 Å². The van der Waals surface area contributed by atoms with Gasteiger partial charge in [-0.2, -0.15) is 0 Å². The highest BCUT2D eigenvalue weighted by atomic mass is 16.7. The molecule has 1 aliphatic rings. The third-order valence-electron chi connectivity index (χ3n) is 3.87. The molecule has 92 valence electrons. The predicted octanol–water partition coefficient (Wildman–Crippen LogP) is 2.20. The Morgan fingerprint density at radius 3 is 2.29 bits per heavy atom. The van der Waals surface area contributed by atoms with E-state index in [4.69, 9.17) is 4.84 Å². The van der Waals surface area contributed by atoms with E-state index >= 15 is 0 Å². The van der Waals surface area contributed by atoms with E-state index in [2.05, 4.69) is 19.1 Å². The first kappa shape index (κ1) is 12.1. The number of nitrogens with zero attached hydrogens (tertiary/aromatic N) is 1. The number of rotatable bonds is 3. The summed E-state index contributed by atoms with van der Waals surface area (Å²) in [5, 5.41) is 1.36. The molecule has 0 N–H and O–H groups in total. The van der Waals surface area contributed by atoms with Crippen LogP contribution in [-0.4, -0.2) is 25.1 Å². The van der Waals surface area contributed by atoms with Gasteiger partial charge < -0.3 is 0 Å². The van der Waals surface area contributed by atoms with Gasteiger partial charge in [-0.3, -0.25) is 9.63 Å². The maximum Gasteiger partial charge on any atom is 0.252 e. The first-order chi connectivity index (χ1) is 8.13. The Labute approximate surface area is 102 Å². The van der Waals surface area contributed by atoms with Crippen molar-refractivity contribution in [1.82, 2.24) is 5.06 Å². The first-order valence-corrected chi connectivity index (χ1v) is 6.02. The Morgan fingerprint density at radius 2 is 1.88 bits per heavy atom. The number of hydroxylamine groups is 2. The van der Waals surface area contributed by atoms with E-state index in [-0.39, 0.29) is 11.3 Å². The molecule has 0 unspecified atom stereocenters. The van der Waals surface area contributed by atoms with Gasteiger partial charge in [-0.1, -0.05) is 31.2 Å². The molecule has 2 rings (SSSR count). The van der Waals surface area contributed by atoms with E-state index in [9.17, 15) is 4.79 Å². The highest BCUT2D eigenvalue weighted by molar-refractivity contribution is 5.83. The molecule has 0 heterocycles. The minimum atomic E-state index is -0.311. The van der Waals surface area contributed by atoms with Crippen LogP contribution in [0.2, 0.25) is 0 Å². The summed E-state index contributed by atoms with van der Waals surface area (Å²) in [6, 6.07) is 8.31. The summed E-state index contributed by atoms with van der Waals surface area (Å²) in [7, 11) is 3.21. The van der Waals surface area contributed by atoms with Crippen molar-refractivity contribution in [3.8, 4) is 0 Å². The summed E-state index contributed by atoms with van der Waals surface area (Å²) >= 11 is 0. The maximum absolute atomic E-state index is 12.4. The largest absolute Gasteiger partial charge is 0.275 e. The van der Waals surface area contributed by atoms with E-state index in [1.165, 1.54) is 23.3 Å². The van der Waals surface area contributed by atoms with Gasteiger partial charge >= 0.3 is 0 Å². The van der Waals surface area contributed by atoms with Crippen LogP contribution in [0.4, 0.5) is 0 Å². The minimum absolute atomic E-state index is 0.0821. The second-order valence-electron chi connectivity index (χ2n) is 4.74. The molecule has 1 amide bonds. The molecule has 0 aromatic heterocycles. The summed E-state index contributed by atoms with van der Waals surface area (Å²) in [6.07, 6.45) is 2.49. The topological polar surface area (TPSA) is 29.5 Å². The van der Waals surface area contributed by atoms with Gasteiger partial charge in [-0.25, -0.2) is 5.06 Å². The number of amides is 1. The van der Waals surface area contributed by atoms with Crippen molar-refractivity contribution < 1.29 is 9.63 Å². The molecule has 0 fully saturated rings. The van der Waals surface area contributed by atoms with Gasteiger partial charge in [0.15, 0.2) is 0 Å². The van der Waals surface area contributed by atoms with Crippen LogP contribution in [0.3, 0.4) is 0 Å². The molecule has 1 aliphatic carbocycles. The molecule has 0 saturated carbocycles. The van der Waals surface area contributed by atoms with Gasteiger partial charge in [0.2, 0.25) is 0 Å².